The fraction of sp³-hybridized carbons (Fsp3) is 0.548. The number of carbonyl (C=O) groups excluding carboxylic acids is 4. The fourth-order valence-electron chi connectivity index (χ4n) is 5.46. The van der Waals surface area contributed by atoms with Crippen molar-refractivity contribution in [3.63, 3.8) is 0 Å². The Morgan fingerprint density at radius 1 is 1.12 bits per heavy atom. The monoisotopic (exact) mass is 585 g/mol. The number of likely N-dealkylation sites (tertiary alicyclic amines) is 1. The SMILES string of the molecule is CO[C@H]1/C=C\C=C(/C)C(=O)NC2=CC(=O)C(N3CCC3)=C(C[C@@H](C)C[C@H](OC)[C@H](O)[C@@H](C)/C=C(\C)C1OC(N)=O)C2=O. The van der Waals surface area contributed by atoms with Crippen molar-refractivity contribution >= 4 is 23.6 Å². The minimum absolute atomic E-state index is 0.0763. The molecule has 1 aliphatic carbocycles. The molecular weight excluding hydrogens is 542 g/mol. The van der Waals surface area contributed by atoms with E-state index < -0.39 is 48.1 Å². The van der Waals surface area contributed by atoms with Crippen molar-refractivity contribution < 1.29 is 38.5 Å². The lowest BCUT2D eigenvalue weighted by Crippen LogP contribution is -2.43. The number of hydrogen-bond donors (Lipinski definition) is 3. The van der Waals surface area contributed by atoms with Crippen molar-refractivity contribution in [2.24, 2.45) is 17.6 Å². The Hall–Kier alpha value is -3.54. The zero-order valence-electron chi connectivity index (χ0n) is 25.2. The maximum atomic E-state index is 13.7. The number of nitrogens with two attached hydrogens (primary N) is 1. The molecule has 0 radical (unpaired) electrons. The van der Waals surface area contributed by atoms with Gasteiger partial charge in [-0.25, -0.2) is 4.79 Å². The number of primary amides is 1. The number of amides is 2. The number of aliphatic hydroxyl groups excluding tert-OH is 1. The first-order valence-corrected chi connectivity index (χ1v) is 14.2. The highest BCUT2D eigenvalue weighted by Gasteiger charge is 2.36. The number of rotatable bonds is 4. The largest absolute Gasteiger partial charge is 0.439 e. The molecule has 230 valence electrons. The first-order valence-electron chi connectivity index (χ1n) is 14.2. The number of carbonyl (C=O) groups is 4. The van der Waals surface area contributed by atoms with Crippen molar-refractivity contribution in [2.45, 2.75) is 71.4 Å². The first kappa shape index (κ1) is 33.0. The van der Waals surface area contributed by atoms with E-state index in [1.807, 2.05) is 18.7 Å². The number of Topliss-reactive ketones (excluding diaryl/α,β-unsaturated/α-hetero) is 1. The Kier molecular flexibility index (Phi) is 11.4. The highest BCUT2D eigenvalue weighted by Crippen LogP contribution is 2.32. The first-order chi connectivity index (χ1) is 19.9. The number of nitrogens with one attached hydrogen (secondary N) is 1. The van der Waals surface area contributed by atoms with E-state index in [0.717, 1.165) is 6.42 Å². The van der Waals surface area contributed by atoms with E-state index in [2.05, 4.69) is 5.32 Å². The van der Waals surface area contributed by atoms with Gasteiger partial charge in [0.2, 0.25) is 11.6 Å². The molecule has 42 heavy (non-hydrogen) atoms. The predicted molar refractivity (Wildman–Crippen MR) is 156 cm³/mol. The molecule has 2 aliphatic heterocycles. The van der Waals surface area contributed by atoms with Gasteiger partial charge < -0.3 is 35.3 Å². The molecule has 0 aromatic rings. The van der Waals surface area contributed by atoms with Crippen LogP contribution in [0.1, 0.15) is 47.0 Å². The summed E-state index contributed by atoms with van der Waals surface area (Å²) in [7, 11) is 2.95. The normalized spacial score (nSPS) is 33.5. The summed E-state index contributed by atoms with van der Waals surface area (Å²) < 4.78 is 16.6. The third kappa shape index (κ3) is 7.84. The minimum atomic E-state index is -0.991. The molecule has 0 saturated carbocycles. The average molecular weight is 586 g/mol. The van der Waals surface area contributed by atoms with E-state index in [1.165, 1.54) is 26.4 Å². The van der Waals surface area contributed by atoms with Gasteiger partial charge in [0.05, 0.1) is 23.6 Å². The molecule has 6 atom stereocenters. The smallest absolute Gasteiger partial charge is 0.405 e. The van der Waals surface area contributed by atoms with Gasteiger partial charge in [0, 0.05) is 50.4 Å². The summed E-state index contributed by atoms with van der Waals surface area (Å²) in [4.78, 5) is 53.5. The summed E-state index contributed by atoms with van der Waals surface area (Å²) in [6.07, 6.45) is 5.06. The number of allylic oxidation sites excluding steroid dienone is 4. The summed E-state index contributed by atoms with van der Waals surface area (Å²) in [5, 5.41) is 13.9. The zero-order chi connectivity index (χ0) is 31.1. The van der Waals surface area contributed by atoms with Crippen LogP contribution in [0.3, 0.4) is 0 Å². The van der Waals surface area contributed by atoms with Crippen LogP contribution in [-0.2, 0) is 28.6 Å². The molecule has 2 bridgehead atoms. The van der Waals surface area contributed by atoms with Crippen LogP contribution in [0.25, 0.3) is 0 Å². The van der Waals surface area contributed by atoms with Crippen molar-refractivity contribution in [1.29, 1.82) is 0 Å². The second kappa shape index (κ2) is 14.6. The molecule has 0 aromatic heterocycles. The van der Waals surface area contributed by atoms with Gasteiger partial charge in [-0.3, -0.25) is 14.4 Å². The van der Waals surface area contributed by atoms with E-state index in [9.17, 15) is 24.3 Å². The van der Waals surface area contributed by atoms with E-state index in [1.54, 1.807) is 32.1 Å². The van der Waals surface area contributed by atoms with Crippen LogP contribution in [0.15, 0.2) is 58.5 Å². The highest BCUT2D eigenvalue weighted by molar-refractivity contribution is 6.23. The molecular formula is C31H43N3O8. The number of methoxy groups -OCH3 is 2. The zero-order valence-corrected chi connectivity index (χ0v) is 25.2. The highest BCUT2D eigenvalue weighted by atomic mass is 16.6. The lowest BCUT2D eigenvalue weighted by Gasteiger charge is -2.37. The van der Waals surface area contributed by atoms with Gasteiger partial charge in [-0.1, -0.05) is 38.2 Å². The quantitative estimate of drug-likeness (QED) is 0.333. The third-order valence-electron chi connectivity index (χ3n) is 7.94. The molecule has 3 rings (SSSR count). The number of nitrogens with zero attached hydrogens (tertiary/aromatic N) is 1. The second-order valence-electron chi connectivity index (χ2n) is 11.2. The predicted octanol–water partition coefficient (Wildman–Crippen LogP) is 2.47. The van der Waals surface area contributed by atoms with Gasteiger partial charge in [0.1, 0.15) is 6.10 Å². The summed E-state index contributed by atoms with van der Waals surface area (Å²) in [6.45, 7) is 8.43. The topological polar surface area (TPSA) is 157 Å². The summed E-state index contributed by atoms with van der Waals surface area (Å²) in [5.41, 5.74) is 6.88. The van der Waals surface area contributed by atoms with Crippen LogP contribution >= 0.6 is 0 Å². The van der Waals surface area contributed by atoms with Crippen LogP contribution in [0.5, 0.6) is 0 Å². The van der Waals surface area contributed by atoms with E-state index in [4.69, 9.17) is 19.9 Å². The molecule has 3 aliphatic rings. The van der Waals surface area contributed by atoms with Crippen molar-refractivity contribution in [2.75, 3.05) is 27.3 Å². The maximum Gasteiger partial charge on any atom is 0.405 e. The molecule has 4 N–H and O–H groups in total. The van der Waals surface area contributed by atoms with Gasteiger partial charge in [0.25, 0.3) is 5.91 Å². The summed E-state index contributed by atoms with van der Waals surface area (Å²) in [6, 6.07) is 0. The van der Waals surface area contributed by atoms with Gasteiger partial charge in [-0.05, 0) is 44.6 Å². The molecule has 11 nitrogen and oxygen atoms in total. The molecule has 0 aromatic carbocycles. The minimum Gasteiger partial charge on any atom is -0.439 e. The number of ketones is 2. The van der Waals surface area contributed by atoms with Crippen molar-refractivity contribution in [3.8, 4) is 0 Å². The van der Waals surface area contributed by atoms with Crippen LogP contribution in [0.4, 0.5) is 4.79 Å². The third-order valence-corrected chi connectivity index (χ3v) is 7.94. The van der Waals surface area contributed by atoms with Crippen LogP contribution < -0.4 is 11.1 Å². The molecule has 1 saturated heterocycles. The summed E-state index contributed by atoms with van der Waals surface area (Å²) in [5.74, 6) is -1.84. The Morgan fingerprint density at radius 3 is 2.38 bits per heavy atom. The van der Waals surface area contributed by atoms with Crippen LogP contribution in [-0.4, -0.2) is 85.3 Å². The fourth-order valence-corrected chi connectivity index (χ4v) is 5.46. The number of hydrogen-bond acceptors (Lipinski definition) is 9. The second-order valence-corrected chi connectivity index (χ2v) is 11.2. The Morgan fingerprint density at radius 2 is 1.81 bits per heavy atom. The molecule has 2 amide bonds. The van der Waals surface area contributed by atoms with Crippen LogP contribution in [0.2, 0.25) is 0 Å². The molecule has 2 heterocycles. The van der Waals surface area contributed by atoms with E-state index in [0.29, 0.717) is 36.4 Å². The molecule has 1 unspecified atom stereocenters. The number of ether oxygens (including phenoxy) is 3. The summed E-state index contributed by atoms with van der Waals surface area (Å²) >= 11 is 0. The van der Waals surface area contributed by atoms with Crippen molar-refractivity contribution in [1.82, 2.24) is 10.2 Å². The van der Waals surface area contributed by atoms with E-state index in [-0.39, 0.29) is 29.4 Å². The van der Waals surface area contributed by atoms with Gasteiger partial charge >= 0.3 is 6.09 Å². The molecule has 1 fully saturated rings. The van der Waals surface area contributed by atoms with Crippen molar-refractivity contribution in [3.05, 3.63) is 58.5 Å². The van der Waals surface area contributed by atoms with Gasteiger partial charge in [-0.2, -0.15) is 0 Å². The van der Waals surface area contributed by atoms with Gasteiger partial charge in [-0.15, -0.1) is 0 Å². The Labute approximate surface area is 247 Å². The maximum absolute atomic E-state index is 13.7. The lowest BCUT2D eigenvalue weighted by molar-refractivity contribution is -0.120. The number of fused-ring (bicyclic) bond motifs is 2. The van der Waals surface area contributed by atoms with Gasteiger partial charge in [0.15, 0.2) is 6.10 Å². The van der Waals surface area contributed by atoms with E-state index >= 15 is 0 Å². The molecule has 0 spiro atoms. The molecule has 11 heteroatoms. The Bertz CT molecular complexity index is 1230. The average Bonchev–Trinajstić information content (AvgIpc) is 2.90. The number of aliphatic hydroxyl groups is 1. The van der Waals surface area contributed by atoms with Crippen LogP contribution in [0, 0.1) is 11.8 Å². The lowest BCUT2D eigenvalue weighted by atomic mass is 9.84. The standard InChI is InChI=1S/C31H43N3O8/c1-17-13-21-26(34-11-8-12-34)23(35)16-22(28(21)37)33-30(38)18(2)9-7-10-24(40-5)29(42-31(32)39)20(4)15-19(3)27(36)25(14-17)41-6/h7,9-10,15-17,19,24-25,27,29,36H,8,11-14H2,1-6H3,(H2,32,39)(H,33,38)/b10-7-,18-9+,20-15+/t17-,19+,24+,25+,27-,29?/m1/s1. The Balaban J connectivity index is 2.07.